The Morgan fingerprint density at radius 2 is 2.31 bits per heavy atom. The van der Waals surface area contributed by atoms with E-state index in [2.05, 4.69) is 44.6 Å². The number of nitrogens with zero attached hydrogens (tertiary/aromatic N) is 1. The van der Waals surface area contributed by atoms with Crippen LogP contribution in [-0.2, 0) is 6.42 Å². The van der Waals surface area contributed by atoms with E-state index in [1.54, 1.807) is 7.11 Å². The molecule has 0 fully saturated rings. The van der Waals surface area contributed by atoms with Gasteiger partial charge in [-0.3, -0.25) is 0 Å². The molecule has 0 aromatic heterocycles. The first-order valence-corrected chi connectivity index (χ1v) is 5.45. The lowest BCUT2D eigenvalue weighted by molar-refractivity contribution is 0.408. The molecule has 0 saturated carbocycles. The zero-order chi connectivity index (χ0) is 9.84. The van der Waals surface area contributed by atoms with Gasteiger partial charge in [0.1, 0.15) is 5.75 Å². The van der Waals surface area contributed by atoms with Gasteiger partial charge in [0.15, 0.2) is 0 Å². The lowest BCUT2D eigenvalue weighted by Gasteiger charge is -2.08. The third-order valence-electron chi connectivity index (χ3n) is 1.60. The van der Waals surface area contributed by atoms with Crippen LogP contribution < -0.4 is 4.74 Å². The summed E-state index contributed by atoms with van der Waals surface area (Å²) in [6, 6.07) is 5.98. The largest absolute Gasteiger partial charge is 0.494 e. The molecule has 0 radical (unpaired) electrons. The Bertz CT molecular complexity index is 359. The number of hydrogen-bond donors (Lipinski definition) is 0. The number of hydrogen-bond acceptors (Lipinski definition) is 2. The zero-order valence-corrected chi connectivity index (χ0v) is 10.7. The highest BCUT2D eigenvalue weighted by Crippen LogP contribution is 2.33. The summed E-state index contributed by atoms with van der Waals surface area (Å²) in [7, 11) is 1.62. The molecular weight excluding hydrogens is 345 g/mol. The van der Waals surface area contributed by atoms with Gasteiger partial charge in [-0.2, -0.15) is 5.26 Å². The normalized spacial score (nSPS) is 9.38. The SMILES string of the molecule is COc1c(I)ccc(CC#N)c1Br. The van der Waals surface area contributed by atoms with Crippen molar-refractivity contribution in [2.24, 2.45) is 0 Å². The summed E-state index contributed by atoms with van der Waals surface area (Å²) in [6.07, 6.45) is 0.397. The molecule has 0 N–H and O–H groups in total. The third kappa shape index (κ3) is 2.35. The standard InChI is InChI=1S/C9H7BrINO/c1-13-9-7(11)3-2-6(4-5-12)8(9)10/h2-3H,4H2,1H3. The van der Waals surface area contributed by atoms with E-state index < -0.39 is 0 Å². The van der Waals surface area contributed by atoms with E-state index in [1.807, 2.05) is 12.1 Å². The molecule has 0 amide bonds. The summed E-state index contributed by atoms with van der Waals surface area (Å²) in [5.74, 6) is 0.799. The molecule has 1 rings (SSSR count). The fourth-order valence-electron chi connectivity index (χ4n) is 0.982. The quantitative estimate of drug-likeness (QED) is 0.767. The second-order valence-electron chi connectivity index (χ2n) is 2.39. The Morgan fingerprint density at radius 1 is 1.62 bits per heavy atom. The summed E-state index contributed by atoms with van der Waals surface area (Å²) >= 11 is 5.61. The van der Waals surface area contributed by atoms with E-state index in [0.29, 0.717) is 6.42 Å². The highest BCUT2D eigenvalue weighted by atomic mass is 127. The van der Waals surface area contributed by atoms with E-state index in [-0.39, 0.29) is 0 Å². The predicted octanol–water partition coefficient (Wildman–Crippen LogP) is 3.13. The van der Waals surface area contributed by atoms with Crippen molar-refractivity contribution in [1.29, 1.82) is 5.26 Å². The Kier molecular flexibility index (Phi) is 4.00. The topological polar surface area (TPSA) is 33.0 Å². The molecule has 2 nitrogen and oxygen atoms in total. The van der Waals surface area contributed by atoms with Gasteiger partial charge in [0.2, 0.25) is 0 Å². The first-order valence-electron chi connectivity index (χ1n) is 3.58. The molecule has 0 aliphatic heterocycles. The summed E-state index contributed by atoms with van der Waals surface area (Å²) in [5.41, 5.74) is 0.958. The van der Waals surface area contributed by atoms with Gasteiger partial charge in [0.25, 0.3) is 0 Å². The van der Waals surface area contributed by atoms with Crippen molar-refractivity contribution >= 4 is 38.5 Å². The fourth-order valence-corrected chi connectivity index (χ4v) is 2.67. The van der Waals surface area contributed by atoms with E-state index in [1.165, 1.54) is 0 Å². The van der Waals surface area contributed by atoms with Crippen molar-refractivity contribution in [1.82, 2.24) is 0 Å². The van der Waals surface area contributed by atoms with Crippen LogP contribution >= 0.6 is 38.5 Å². The Balaban J connectivity index is 3.21. The average molecular weight is 352 g/mol. The van der Waals surface area contributed by atoms with E-state index in [9.17, 15) is 0 Å². The summed E-state index contributed by atoms with van der Waals surface area (Å²) in [5, 5.41) is 8.56. The maximum absolute atomic E-state index is 8.56. The highest BCUT2D eigenvalue weighted by molar-refractivity contribution is 14.1. The number of methoxy groups -OCH3 is 1. The van der Waals surface area contributed by atoms with E-state index in [0.717, 1.165) is 19.4 Å². The molecule has 4 heteroatoms. The smallest absolute Gasteiger partial charge is 0.146 e. The molecule has 0 aliphatic carbocycles. The zero-order valence-electron chi connectivity index (χ0n) is 6.97. The fraction of sp³-hybridized carbons (Fsp3) is 0.222. The molecule has 1 aromatic rings. The van der Waals surface area contributed by atoms with Crippen LogP contribution in [0.1, 0.15) is 5.56 Å². The van der Waals surface area contributed by atoms with Crippen LogP contribution in [0, 0.1) is 14.9 Å². The van der Waals surface area contributed by atoms with Crippen LogP contribution in [0.4, 0.5) is 0 Å². The second kappa shape index (κ2) is 4.82. The molecule has 0 atom stereocenters. The maximum atomic E-state index is 8.56. The summed E-state index contributed by atoms with van der Waals surface area (Å²) < 4.78 is 7.11. The molecule has 0 saturated heterocycles. The summed E-state index contributed by atoms with van der Waals surface area (Å²) in [6.45, 7) is 0. The van der Waals surface area contributed by atoms with Gasteiger partial charge in [-0.05, 0) is 50.2 Å². The lowest BCUT2D eigenvalue weighted by Crippen LogP contribution is -1.92. The van der Waals surface area contributed by atoms with Gasteiger partial charge >= 0.3 is 0 Å². The van der Waals surface area contributed by atoms with Crippen LogP contribution in [0.25, 0.3) is 0 Å². The minimum Gasteiger partial charge on any atom is -0.494 e. The first kappa shape index (κ1) is 10.8. The van der Waals surface area contributed by atoms with Gasteiger partial charge in [0.05, 0.1) is 27.6 Å². The predicted molar refractivity (Wildman–Crippen MR) is 62.7 cm³/mol. The van der Waals surface area contributed by atoms with Crippen molar-refractivity contribution in [3.8, 4) is 11.8 Å². The van der Waals surface area contributed by atoms with Crippen molar-refractivity contribution in [2.45, 2.75) is 6.42 Å². The minimum absolute atomic E-state index is 0.397. The van der Waals surface area contributed by atoms with Crippen LogP contribution in [0.3, 0.4) is 0 Å². The Hall–Kier alpha value is -0.280. The van der Waals surface area contributed by atoms with Crippen molar-refractivity contribution in [3.63, 3.8) is 0 Å². The highest BCUT2D eigenvalue weighted by Gasteiger charge is 2.09. The van der Waals surface area contributed by atoms with Gasteiger partial charge < -0.3 is 4.74 Å². The van der Waals surface area contributed by atoms with E-state index >= 15 is 0 Å². The van der Waals surface area contributed by atoms with Gasteiger partial charge in [-0.15, -0.1) is 0 Å². The van der Waals surface area contributed by atoms with Gasteiger partial charge in [-0.1, -0.05) is 6.07 Å². The molecule has 0 aliphatic rings. The molecule has 13 heavy (non-hydrogen) atoms. The van der Waals surface area contributed by atoms with Crippen molar-refractivity contribution in [2.75, 3.05) is 7.11 Å². The monoisotopic (exact) mass is 351 g/mol. The van der Waals surface area contributed by atoms with Crippen molar-refractivity contribution < 1.29 is 4.74 Å². The van der Waals surface area contributed by atoms with Crippen LogP contribution in [0.2, 0.25) is 0 Å². The maximum Gasteiger partial charge on any atom is 0.146 e. The van der Waals surface area contributed by atoms with E-state index in [4.69, 9.17) is 10.00 Å². The lowest BCUT2D eigenvalue weighted by atomic mass is 10.1. The first-order chi connectivity index (χ1) is 6.20. The number of benzene rings is 1. The second-order valence-corrected chi connectivity index (χ2v) is 4.34. The molecular formula is C9H7BrINO. The van der Waals surface area contributed by atoms with Crippen LogP contribution in [-0.4, -0.2) is 7.11 Å². The number of ether oxygens (including phenoxy) is 1. The van der Waals surface area contributed by atoms with Crippen LogP contribution in [0.5, 0.6) is 5.75 Å². The van der Waals surface area contributed by atoms with Crippen molar-refractivity contribution in [3.05, 3.63) is 25.7 Å². The molecule has 68 valence electrons. The molecule has 0 spiro atoms. The van der Waals surface area contributed by atoms with Gasteiger partial charge in [0, 0.05) is 0 Å². The average Bonchev–Trinajstić information content (AvgIpc) is 2.11. The number of halogens is 2. The minimum atomic E-state index is 0.397. The Labute approximate surface area is 99.2 Å². The third-order valence-corrected chi connectivity index (χ3v) is 3.32. The van der Waals surface area contributed by atoms with Gasteiger partial charge in [-0.25, -0.2) is 0 Å². The molecule has 1 aromatic carbocycles. The Morgan fingerprint density at radius 3 is 2.85 bits per heavy atom. The number of rotatable bonds is 2. The molecule has 0 unspecified atom stereocenters. The molecule has 0 bridgehead atoms. The van der Waals surface area contributed by atoms with Crippen LogP contribution in [0.15, 0.2) is 16.6 Å². The number of nitriles is 1. The summed E-state index contributed by atoms with van der Waals surface area (Å²) in [4.78, 5) is 0. The molecule has 0 heterocycles.